The van der Waals surface area contributed by atoms with Crippen LogP contribution >= 0.6 is 0 Å². The third-order valence-corrected chi connectivity index (χ3v) is 12.2. The Morgan fingerprint density at radius 1 is 1.00 bits per heavy atom. The first-order valence-corrected chi connectivity index (χ1v) is 18.6. The zero-order valence-corrected chi connectivity index (χ0v) is 29.6. The quantitative estimate of drug-likeness (QED) is 0.374. The van der Waals surface area contributed by atoms with Gasteiger partial charge in [0.1, 0.15) is 5.75 Å². The van der Waals surface area contributed by atoms with Crippen LogP contribution in [0.25, 0.3) is 22.2 Å². The molecule has 7 rings (SSSR count). The van der Waals surface area contributed by atoms with Crippen LogP contribution in [-0.4, -0.2) is 92.0 Å². The maximum Gasteiger partial charge on any atom is 0.312 e. The molecule has 3 aromatic rings. The van der Waals surface area contributed by atoms with E-state index in [9.17, 15) is 22.8 Å². The average molecular weight is 692 g/mol. The van der Waals surface area contributed by atoms with E-state index in [1.807, 2.05) is 32.0 Å². The molecule has 2 aliphatic carbocycles. The van der Waals surface area contributed by atoms with Crippen molar-refractivity contribution < 1.29 is 32.3 Å². The number of nitrogens with zero attached hydrogens (tertiary/aromatic N) is 3. The van der Waals surface area contributed by atoms with Crippen LogP contribution < -0.4 is 14.8 Å². The van der Waals surface area contributed by atoms with Gasteiger partial charge in [-0.3, -0.25) is 14.4 Å². The molecule has 0 bridgehead atoms. The summed E-state index contributed by atoms with van der Waals surface area (Å²) >= 11 is 0. The highest BCUT2D eigenvalue weighted by atomic mass is 32.2. The van der Waals surface area contributed by atoms with E-state index in [1.54, 1.807) is 24.1 Å². The number of methoxy groups -OCH3 is 1. The minimum atomic E-state index is -4.01. The molecule has 49 heavy (non-hydrogen) atoms. The van der Waals surface area contributed by atoms with Crippen molar-refractivity contribution in [2.75, 3.05) is 34.3 Å². The molecule has 1 saturated heterocycles. The predicted octanol–water partition coefficient (Wildman–Crippen LogP) is 3.89. The second kappa shape index (κ2) is 12.4. The van der Waals surface area contributed by atoms with Gasteiger partial charge in [0.2, 0.25) is 0 Å². The molecule has 0 unspecified atom stereocenters. The summed E-state index contributed by atoms with van der Waals surface area (Å²) in [5.74, 6) is -1.00. The summed E-state index contributed by atoms with van der Waals surface area (Å²) in [6, 6.07) is 11.5. The fraction of sp³-hybridized carbons (Fsp3) is 0.528. The fourth-order valence-electron chi connectivity index (χ4n) is 8.33. The highest BCUT2D eigenvalue weighted by Crippen LogP contribution is 2.60. The maximum atomic E-state index is 13.8. The van der Waals surface area contributed by atoms with Crippen LogP contribution in [0.3, 0.4) is 0 Å². The van der Waals surface area contributed by atoms with Crippen molar-refractivity contribution in [3.63, 3.8) is 0 Å². The highest BCUT2D eigenvalue weighted by Gasteiger charge is 2.59. The maximum absolute atomic E-state index is 13.8. The summed E-state index contributed by atoms with van der Waals surface area (Å²) in [4.78, 5) is 42.2. The van der Waals surface area contributed by atoms with Gasteiger partial charge < -0.3 is 24.3 Å². The fourth-order valence-corrected chi connectivity index (χ4v) is 8.86. The number of aromatic nitrogens is 1. The van der Waals surface area contributed by atoms with E-state index in [2.05, 4.69) is 20.7 Å². The summed E-state index contributed by atoms with van der Waals surface area (Å²) in [6.45, 7) is 4.86. The molecule has 1 aromatic heterocycles. The zero-order chi connectivity index (χ0) is 34.8. The summed E-state index contributed by atoms with van der Waals surface area (Å²) in [5, 5.41) is 4.20. The molecule has 3 fully saturated rings. The van der Waals surface area contributed by atoms with Gasteiger partial charge in [-0.25, -0.2) is 4.72 Å². The van der Waals surface area contributed by atoms with Crippen LogP contribution in [0.2, 0.25) is 0 Å². The Kier molecular flexibility index (Phi) is 8.51. The number of rotatable bonds is 6. The third kappa shape index (κ3) is 5.99. The summed E-state index contributed by atoms with van der Waals surface area (Å²) in [5.41, 5.74) is 4.59. The van der Waals surface area contributed by atoms with Crippen LogP contribution in [0, 0.1) is 0 Å². The Hall–Kier alpha value is -3.94. The van der Waals surface area contributed by atoms with Gasteiger partial charge in [0.15, 0.2) is 0 Å². The number of carbonyl (C=O) groups excluding carboxylic acids is 3. The number of hydrogen-bond donors (Lipinski definition) is 2. The number of hydrogen-bond acceptors (Lipinski definition) is 7. The van der Waals surface area contributed by atoms with Gasteiger partial charge in [-0.15, -0.1) is 0 Å². The first kappa shape index (κ1) is 33.6. The Balaban J connectivity index is 1.36. The van der Waals surface area contributed by atoms with E-state index in [0.29, 0.717) is 37.7 Å². The van der Waals surface area contributed by atoms with Crippen molar-refractivity contribution in [3.05, 3.63) is 53.1 Å². The SMILES string of the molecule is COc1ccc2c(c1)[C@H]1C[C@@]1(NC(=O)C(=O)N1C[C@@H](C)O[C@@H](C)C1)Cn1c-2c(C2CCCCC2)c2ccc(C(=O)NS(=O)(=O)N(C)C)cc21. The third-order valence-electron chi connectivity index (χ3n) is 10.8. The topological polar surface area (TPSA) is 139 Å². The van der Waals surface area contributed by atoms with E-state index in [4.69, 9.17) is 9.47 Å². The van der Waals surface area contributed by atoms with Crippen molar-refractivity contribution in [2.45, 2.75) is 88.5 Å². The van der Waals surface area contributed by atoms with E-state index < -0.39 is 33.5 Å². The number of morpholine rings is 1. The van der Waals surface area contributed by atoms with Crippen molar-refractivity contribution in [1.82, 2.24) is 23.8 Å². The molecular formula is C36H45N5O7S. The van der Waals surface area contributed by atoms with Crippen LogP contribution in [0.4, 0.5) is 0 Å². The summed E-state index contributed by atoms with van der Waals surface area (Å²) in [7, 11) is 0.350. The second-order valence-corrected chi connectivity index (χ2v) is 16.3. The lowest BCUT2D eigenvalue weighted by Crippen LogP contribution is -2.55. The van der Waals surface area contributed by atoms with E-state index in [1.165, 1.54) is 26.1 Å². The van der Waals surface area contributed by atoms with Crippen molar-refractivity contribution >= 4 is 38.8 Å². The first-order valence-electron chi connectivity index (χ1n) is 17.2. The van der Waals surface area contributed by atoms with E-state index in [-0.39, 0.29) is 23.7 Å². The lowest BCUT2D eigenvalue weighted by atomic mass is 9.81. The van der Waals surface area contributed by atoms with Gasteiger partial charge in [-0.05, 0) is 80.5 Å². The van der Waals surface area contributed by atoms with Crippen molar-refractivity contribution in [1.29, 1.82) is 0 Å². The first-order chi connectivity index (χ1) is 23.3. The summed E-state index contributed by atoms with van der Waals surface area (Å²) in [6.07, 6.45) is 5.80. The standard InChI is InChI=1S/C36H45N5O7S/c1-21-18-40(19-22(2)48-21)35(44)34(43)37-36-17-29(36)28-16-25(47-5)12-14-26(28)32-31(23-9-7-6-8-10-23)27-13-11-24(15-30(27)41(32)20-36)33(42)38-49(45,46)39(3)4/h11-16,21-23,29H,6-10,17-20H2,1-5H3,(H,37,43)(H,38,42)/t21-,22+,29-,36-/m1/s1. The molecule has 3 heterocycles. The van der Waals surface area contributed by atoms with Crippen LogP contribution in [0.15, 0.2) is 36.4 Å². The Bertz CT molecular complexity index is 1940. The smallest absolute Gasteiger partial charge is 0.312 e. The lowest BCUT2D eigenvalue weighted by molar-refractivity contribution is -0.153. The van der Waals surface area contributed by atoms with Crippen molar-refractivity contribution in [2.24, 2.45) is 0 Å². The summed E-state index contributed by atoms with van der Waals surface area (Å²) < 4.78 is 41.9. The number of nitrogens with one attached hydrogen (secondary N) is 2. The Labute approximate surface area is 287 Å². The molecule has 4 atom stereocenters. The largest absolute Gasteiger partial charge is 0.497 e. The molecular weight excluding hydrogens is 646 g/mol. The molecule has 262 valence electrons. The molecule has 0 spiro atoms. The van der Waals surface area contributed by atoms with Crippen LogP contribution in [-0.2, 0) is 31.1 Å². The molecule has 0 radical (unpaired) electrons. The highest BCUT2D eigenvalue weighted by molar-refractivity contribution is 7.87. The molecule has 2 N–H and O–H groups in total. The van der Waals surface area contributed by atoms with Gasteiger partial charge in [0.25, 0.3) is 5.91 Å². The van der Waals surface area contributed by atoms with E-state index >= 15 is 0 Å². The molecule has 4 aliphatic rings. The minimum Gasteiger partial charge on any atom is -0.497 e. The average Bonchev–Trinajstić information content (AvgIpc) is 3.70. The lowest BCUT2D eigenvalue weighted by Gasteiger charge is -2.35. The molecule has 2 aliphatic heterocycles. The van der Waals surface area contributed by atoms with E-state index in [0.717, 1.165) is 57.7 Å². The zero-order valence-electron chi connectivity index (χ0n) is 28.7. The number of ether oxygens (including phenoxy) is 2. The van der Waals surface area contributed by atoms with Gasteiger partial charge in [-0.2, -0.15) is 12.7 Å². The number of carbonyl (C=O) groups is 3. The number of amides is 3. The minimum absolute atomic E-state index is 0.0669. The van der Waals surface area contributed by atoms with Gasteiger partial charge >= 0.3 is 22.0 Å². The van der Waals surface area contributed by atoms with Crippen LogP contribution in [0.5, 0.6) is 5.75 Å². The van der Waals surface area contributed by atoms with Gasteiger partial charge in [-0.1, -0.05) is 25.3 Å². The van der Waals surface area contributed by atoms with Crippen LogP contribution in [0.1, 0.15) is 85.7 Å². The molecule has 3 amide bonds. The number of benzene rings is 2. The second-order valence-electron chi connectivity index (χ2n) is 14.4. The van der Waals surface area contributed by atoms with Gasteiger partial charge in [0, 0.05) is 61.7 Å². The molecule has 13 heteroatoms. The Morgan fingerprint density at radius 3 is 2.39 bits per heavy atom. The predicted molar refractivity (Wildman–Crippen MR) is 185 cm³/mol. The molecule has 2 aromatic carbocycles. The molecule has 12 nitrogen and oxygen atoms in total. The molecule has 2 saturated carbocycles. The number of fused-ring (bicyclic) bond motifs is 7. The van der Waals surface area contributed by atoms with Gasteiger partial charge in [0.05, 0.1) is 30.6 Å². The monoisotopic (exact) mass is 691 g/mol. The Morgan fingerprint density at radius 2 is 1.71 bits per heavy atom. The van der Waals surface area contributed by atoms with Crippen molar-refractivity contribution in [3.8, 4) is 17.0 Å². The normalized spacial score (nSPS) is 25.2.